The fourth-order valence-corrected chi connectivity index (χ4v) is 4.81. The van der Waals surface area contributed by atoms with Gasteiger partial charge in [0.1, 0.15) is 22.5 Å². The molecule has 238 valence electrons. The largest absolute Gasteiger partial charge is 0.506 e. The Morgan fingerprint density at radius 3 is 1.77 bits per heavy atom. The van der Waals surface area contributed by atoms with Crippen LogP contribution in [0.5, 0.6) is 11.5 Å². The molecule has 7 N–H and O–H groups in total. The van der Waals surface area contributed by atoms with Crippen molar-refractivity contribution in [3.63, 3.8) is 0 Å². The second-order valence-electron chi connectivity index (χ2n) is 9.86. The summed E-state index contributed by atoms with van der Waals surface area (Å²) >= 11 is 0. The summed E-state index contributed by atoms with van der Waals surface area (Å²) < 4.78 is 18.5. The zero-order valence-electron chi connectivity index (χ0n) is 24.3. The number of nitrogens with two attached hydrogens (primary N) is 2. The molecule has 0 spiro atoms. The van der Waals surface area contributed by atoms with E-state index >= 15 is 0 Å². The Hall–Kier alpha value is -6.98. The molecule has 4 aromatic heterocycles. The Morgan fingerprint density at radius 2 is 1.30 bits per heavy atom. The Kier molecular flexibility index (Phi) is 7.80. The predicted molar refractivity (Wildman–Crippen MR) is 163 cm³/mol. The van der Waals surface area contributed by atoms with Crippen LogP contribution in [0.15, 0.2) is 70.0 Å². The van der Waals surface area contributed by atoms with E-state index in [4.69, 9.17) is 25.3 Å². The lowest BCUT2D eigenvalue weighted by Crippen LogP contribution is -2.16. The standard InChI is InChI=1S/C29H24N10O8/c1-45-21-13-15(25(31)42)11-17-23(21)39(29(35-17)37-27(44)20-5-7-33-47-20)9-3-2-8-38-22-16(10-14(24(30)41)12-18(22)40)34-28(38)36-26(43)19-4-6-32-46-19/h2-7,10-13,40H,8-9H2,1H3,(H2,30,41)(H2,31,42)(H,34,36,43)(H,35,37,44)/b3-2+. The van der Waals surface area contributed by atoms with Crippen molar-refractivity contribution in [2.45, 2.75) is 13.1 Å². The van der Waals surface area contributed by atoms with Gasteiger partial charge in [0.15, 0.2) is 0 Å². The Morgan fingerprint density at radius 1 is 0.809 bits per heavy atom. The SMILES string of the molecule is COc1cc(C(N)=O)cc2nc(NC(=O)c3ccno3)n(C/C=C/Cn3c(NC(=O)c4ccno4)nc4cc(C(N)=O)cc(O)c43)c12. The van der Waals surface area contributed by atoms with Gasteiger partial charge in [-0.05, 0) is 24.3 Å². The number of aromatic nitrogens is 6. The van der Waals surface area contributed by atoms with Crippen molar-refractivity contribution in [1.82, 2.24) is 29.4 Å². The molecule has 0 atom stereocenters. The molecule has 0 saturated heterocycles. The van der Waals surface area contributed by atoms with Crippen molar-refractivity contribution >= 4 is 57.6 Å². The number of methoxy groups -OCH3 is 1. The lowest BCUT2D eigenvalue weighted by atomic mass is 10.1. The first kappa shape index (κ1) is 30.1. The van der Waals surface area contributed by atoms with Crippen LogP contribution in [0, 0.1) is 0 Å². The number of primary amides is 2. The summed E-state index contributed by atoms with van der Waals surface area (Å²) in [6, 6.07) is 8.25. The summed E-state index contributed by atoms with van der Waals surface area (Å²) in [7, 11) is 1.41. The normalized spacial score (nSPS) is 11.3. The number of carbonyl (C=O) groups excluding carboxylic acids is 4. The highest BCUT2D eigenvalue weighted by atomic mass is 16.5. The molecule has 4 heterocycles. The van der Waals surface area contributed by atoms with Gasteiger partial charge in [0.05, 0.1) is 30.5 Å². The van der Waals surface area contributed by atoms with Crippen molar-refractivity contribution in [3.8, 4) is 11.5 Å². The molecule has 18 heteroatoms. The number of allylic oxidation sites excluding steroid dienone is 2. The maximum Gasteiger partial charge on any atom is 0.296 e. The zero-order valence-corrected chi connectivity index (χ0v) is 24.3. The van der Waals surface area contributed by atoms with Gasteiger partial charge in [-0.2, -0.15) is 0 Å². The summed E-state index contributed by atoms with van der Waals surface area (Å²) in [6.07, 6.45) is 6.04. The molecule has 0 bridgehead atoms. The molecular weight excluding hydrogens is 616 g/mol. The second kappa shape index (κ2) is 12.2. The van der Waals surface area contributed by atoms with Crippen LogP contribution < -0.4 is 26.8 Å². The number of benzene rings is 2. The highest BCUT2D eigenvalue weighted by Crippen LogP contribution is 2.32. The molecule has 0 radical (unpaired) electrons. The van der Waals surface area contributed by atoms with Crippen LogP contribution in [-0.2, 0) is 13.1 Å². The fourth-order valence-electron chi connectivity index (χ4n) is 4.81. The Labute approximate surface area is 262 Å². The molecule has 47 heavy (non-hydrogen) atoms. The minimum Gasteiger partial charge on any atom is -0.506 e. The number of anilines is 2. The number of amides is 4. The number of rotatable bonds is 11. The number of hydrogen-bond acceptors (Lipinski definition) is 12. The first-order valence-electron chi connectivity index (χ1n) is 13.6. The quantitative estimate of drug-likeness (QED) is 0.127. The number of phenolic OH excluding ortho intramolecular Hbond substituents is 1. The third-order valence-electron chi connectivity index (χ3n) is 6.93. The maximum absolute atomic E-state index is 12.8. The summed E-state index contributed by atoms with van der Waals surface area (Å²) in [6.45, 7) is 0.167. The number of nitrogens with zero attached hydrogens (tertiary/aromatic N) is 6. The molecule has 18 nitrogen and oxygen atoms in total. The zero-order chi connectivity index (χ0) is 33.2. The van der Waals surface area contributed by atoms with Gasteiger partial charge in [0.2, 0.25) is 35.2 Å². The average Bonchev–Trinajstić information content (AvgIpc) is 3.86. The molecule has 6 aromatic rings. The summed E-state index contributed by atoms with van der Waals surface area (Å²) in [5.74, 6) is -2.81. The summed E-state index contributed by atoms with van der Waals surface area (Å²) in [4.78, 5) is 58.2. The van der Waals surface area contributed by atoms with Crippen LogP contribution >= 0.6 is 0 Å². The van der Waals surface area contributed by atoms with Gasteiger partial charge >= 0.3 is 0 Å². The van der Waals surface area contributed by atoms with E-state index in [-0.39, 0.29) is 70.2 Å². The van der Waals surface area contributed by atoms with Crippen molar-refractivity contribution < 1.29 is 38.1 Å². The Balaban J connectivity index is 1.36. The van der Waals surface area contributed by atoms with E-state index in [1.54, 1.807) is 16.7 Å². The van der Waals surface area contributed by atoms with Crippen LogP contribution in [0.4, 0.5) is 11.9 Å². The van der Waals surface area contributed by atoms with Crippen LogP contribution in [0.2, 0.25) is 0 Å². The number of aromatic hydroxyl groups is 1. The molecule has 0 aliphatic carbocycles. The lowest BCUT2D eigenvalue weighted by Gasteiger charge is -2.11. The molecular formula is C29H24N10O8. The number of carbonyl (C=O) groups is 4. The number of imidazole rings is 2. The van der Waals surface area contributed by atoms with Gasteiger partial charge in [-0.3, -0.25) is 29.8 Å². The number of ether oxygens (including phenoxy) is 1. The first-order valence-corrected chi connectivity index (χ1v) is 13.6. The number of phenols is 1. The van der Waals surface area contributed by atoms with Gasteiger partial charge < -0.3 is 39.5 Å². The van der Waals surface area contributed by atoms with Crippen LogP contribution in [0.25, 0.3) is 22.1 Å². The van der Waals surface area contributed by atoms with Gasteiger partial charge in [-0.25, -0.2) is 9.97 Å². The van der Waals surface area contributed by atoms with Crippen molar-refractivity contribution in [1.29, 1.82) is 0 Å². The number of fused-ring (bicyclic) bond motifs is 2. The van der Waals surface area contributed by atoms with Crippen LogP contribution in [-0.4, -0.2) is 65.3 Å². The summed E-state index contributed by atoms with van der Waals surface area (Å²) in [5.41, 5.74) is 12.2. The van der Waals surface area contributed by atoms with E-state index in [0.717, 1.165) is 0 Å². The van der Waals surface area contributed by atoms with Gasteiger partial charge in [-0.1, -0.05) is 22.5 Å². The number of hydrogen-bond donors (Lipinski definition) is 5. The molecule has 2 aromatic carbocycles. The molecule has 0 aliphatic rings. The van der Waals surface area contributed by atoms with Crippen molar-refractivity contribution in [2.24, 2.45) is 11.5 Å². The van der Waals surface area contributed by atoms with Crippen LogP contribution in [0.3, 0.4) is 0 Å². The van der Waals surface area contributed by atoms with E-state index in [2.05, 4.69) is 30.9 Å². The second-order valence-corrected chi connectivity index (χ2v) is 9.86. The van der Waals surface area contributed by atoms with E-state index in [1.807, 2.05) is 0 Å². The first-order chi connectivity index (χ1) is 22.6. The summed E-state index contributed by atoms with van der Waals surface area (Å²) in [5, 5.41) is 23.2. The fraction of sp³-hybridized carbons (Fsp3) is 0.103. The minimum absolute atomic E-state index is 0.0173. The monoisotopic (exact) mass is 640 g/mol. The third kappa shape index (κ3) is 5.80. The van der Waals surface area contributed by atoms with E-state index in [0.29, 0.717) is 11.0 Å². The third-order valence-corrected chi connectivity index (χ3v) is 6.93. The molecule has 6 rings (SSSR count). The van der Waals surface area contributed by atoms with E-state index in [9.17, 15) is 24.3 Å². The highest BCUT2D eigenvalue weighted by molar-refractivity contribution is 6.04. The Bertz CT molecular complexity index is 2200. The van der Waals surface area contributed by atoms with Gasteiger partial charge in [0, 0.05) is 36.3 Å². The van der Waals surface area contributed by atoms with Crippen molar-refractivity contribution in [2.75, 3.05) is 17.7 Å². The molecule has 0 saturated carbocycles. The molecule has 0 fully saturated rings. The molecule has 4 amide bonds. The highest BCUT2D eigenvalue weighted by Gasteiger charge is 2.22. The molecule has 0 aliphatic heterocycles. The number of nitrogens with one attached hydrogen (secondary N) is 2. The molecule has 0 unspecified atom stereocenters. The predicted octanol–water partition coefficient (Wildman–Crippen LogP) is 2.04. The smallest absolute Gasteiger partial charge is 0.296 e. The topological polar surface area (TPSA) is 262 Å². The van der Waals surface area contributed by atoms with Crippen LogP contribution in [0.1, 0.15) is 41.8 Å². The van der Waals surface area contributed by atoms with Gasteiger partial charge in [0.25, 0.3) is 11.8 Å². The lowest BCUT2D eigenvalue weighted by molar-refractivity contribution is 0.0979. The van der Waals surface area contributed by atoms with Crippen molar-refractivity contribution in [3.05, 3.63) is 83.6 Å². The van der Waals surface area contributed by atoms with E-state index < -0.39 is 23.6 Å². The average molecular weight is 641 g/mol. The minimum atomic E-state index is -0.777. The van der Waals surface area contributed by atoms with E-state index in [1.165, 1.54) is 60.5 Å². The van der Waals surface area contributed by atoms with Gasteiger partial charge in [-0.15, -0.1) is 0 Å². The maximum atomic E-state index is 12.8.